The highest BCUT2D eigenvalue weighted by Gasteiger charge is 2.16. The second-order valence-corrected chi connectivity index (χ2v) is 8.02. The van der Waals surface area contributed by atoms with E-state index in [-0.39, 0.29) is 18.6 Å². The van der Waals surface area contributed by atoms with Crippen LogP contribution in [0.3, 0.4) is 0 Å². The molecule has 28 heavy (non-hydrogen) atoms. The number of nitrogens with one attached hydrogen (secondary N) is 1. The van der Waals surface area contributed by atoms with Gasteiger partial charge in [0.15, 0.2) is 6.61 Å². The Hall–Kier alpha value is -2.73. The summed E-state index contributed by atoms with van der Waals surface area (Å²) in [6, 6.07) is 11.5. The molecule has 0 spiro atoms. The summed E-state index contributed by atoms with van der Waals surface area (Å²) in [6.07, 6.45) is 4.71. The molecule has 1 heterocycles. The van der Waals surface area contributed by atoms with Gasteiger partial charge in [-0.2, -0.15) is 0 Å². The van der Waals surface area contributed by atoms with Crippen molar-refractivity contribution in [3.05, 3.63) is 64.2 Å². The number of hydrogen-bond donors (Lipinski definition) is 1. The Morgan fingerprint density at radius 3 is 2.82 bits per heavy atom. The number of amides is 1. The van der Waals surface area contributed by atoms with Crippen molar-refractivity contribution in [2.24, 2.45) is 0 Å². The number of aryl methyl sites for hydroxylation is 2. The molecule has 0 unspecified atom stereocenters. The molecule has 1 N–H and O–H groups in total. The summed E-state index contributed by atoms with van der Waals surface area (Å²) < 4.78 is 6.09. The molecule has 4 rings (SSSR count). The molecule has 1 aliphatic rings. The van der Waals surface area contributed by atoms with E-state index in [2.05, 4.69) is 28.5 Å². The van der Waals surface area contributed by atoms with Gasteiger partial charge >= 0.3 is 5.97 Å². The predicted molar refractivity (Wildman–Crippen MR) is 110 cm³/mol. The number of esters is 1. The average Bonchev–Trinajstić information content (AvgIpc) is 3.19. The standard InChI is InChI=1S/C22H22N2O3S/c1-14(16-7-6-15-4-2-3-5-17(15)10-16)24-21(25)12-27-22(26)18-8-9-19-20(11-18)28-13-23-19/h6-11,13-14H,2-5,12H2,1H3,(H,24,25)/t14-/m1/s1. The summed E-state index contributed by atoms with van der Waals surface area (Å²) in [5, 5.41) is 2.91. The smallest absolute Gasteiger partial charge is 0.338 e. The van der Waals surface area contributed by atoms with Crippen molar-refractivity contribution in [1.82, 2.24) is 10.3 Å². The zero-order valence-corrected chi connectivity index (χ0v) is 16.6. The number of thiazole rings is 1. The minimum atomic E-state index is -0.508. The number of fused-ring (bicyclic) bond motifs is 2. The van der Waals surface area contributed by atoms with Crippen molar-refractivity contribution < 1.29 is 14.3 Å². The fourth-order valence-electron chi connectivity index (χ4n) is 3.59. The van der Waals surface area contributed by atoms with Crippen molar-refractivity contribution >= 4 is 33.4 Å². The number of aromatic nitrogens is 1. The lowest BCUT2D eigenvalue weighted by Gasteiger charge is -2.20. The van der Waals surface area contributed by atoms with Gasteiger partial charge in [0.2, 0.25) is 0 Å². The van der Waals surface area contributed by atoms with Gasteiger partial charge in [-0.3, -0.25) is 4.79 Å². The van der Waals surface area contributed by atoms with Gasteiger partial charge in [-0.25, -0.2) is 9.78 Å². The molecule has 5 nitrogen and oxygen atoms in total. The Morgan fingerprint density at radius 1 is 1.14 bits per heavy atom. The first-order valence-electron chi connectivity index (χ1n) is 9.51. The highest BCUT2D eigenvalue weighted by atomic mass is 32.1. The van der Waals surface area contributed by atoms with Gasteiger partial charge in [0.05, 0.1) is 27.3 Å². The van der Waals surface area contributed by atoms with E-state index in [4.69, 9.17) is 4.74 Å². The van der Waals surface area contributed by atoms with E-state index in [1.54, 1.807) is 23.7 Å². The van der Waals surface area contributed by atoms with E-state index in [1.807, 2.05) is 6.92 Å². The number of nitrogens with zero attached hydrogens (tertiary/aromatic N) is 1. The third kappa shape index (κ3) is 4.07. The number of ether oxygens (including phenoxy) is 1. The molecule has 0 aliphatic heterocycles. The van der Waals surface area contributed by atoms with Crippen LogP contribution >= 0.6 is 11.3 Å². The lowest BCUT2D eigenvalue weighted by Crippen LogP contribution is -2.31. The highest BCUT2D eigenvalue weighted by Crippen LogP contribution is 2.25. The maximum absolute atomic E-state index is 12.2. The van der Waals surface area contributed by atoms with Crippen molar-refractivity contribution in [1.29, 1.82) is 0 Å². The summed E-state index contributed by atoms with van der Waals surface area (Å²) in [6.45, 7) is 1.65. The Labute approximate surface area is 167 Å². The third-order valence-electron chi connectivity index (χ3n) is 5.15. The second-order valence-electron chi connectivity index (χ2n) is 7.14. The Kier molecular flexibility index (Phi) is 5.39. The SMILES string of the molecule is C[C@@H](NC(=O)COC(=O)c1ccc2ncsc2c1)c1ccc2c(c1)CCCC2. The lowest BCUT2D eigenvalue weighted by molar-refractivity contribution is -0.124. The maximum Gasteiger partial charge on any atom is 0.338 e. The van der Waals surface area contributed by atoms with E-state index in [0.717, 1.165) is 28.6 Å². The zero-order valence-electron chi connectivity index (χ0n) is 15.7. The van der Waals surface area contributed by atoms with Gasteiger partial charge in [0, 0.05) is 0 Å². The molecule has 1 amide bonds. The molecule has 1 atom stereocenters. The molecular formula is C22H22N2O3S. The van der Waals surface area contributed by atoms with E-state index in [0.29, 0.717) is 5.56 Å². The first-order chi connectivity index (χ1) is 13.6. The number of hydrogen-bond acceptors (Lipinski definition) is 5. The van der Waals surface area contributed by atoms with Crippen LogP contribution in [0.5, 0.6) is 0 Å². The minimum Gasteiger partial charge on any atom is -0.452 e. The van der Waals surface area contributed by atoms with Gasteiger partial charge in [0.1, 0.15) is 0 Å². The van der Waals surface area contributed by atoms with Crippen LogP contribution in [0.2, 0.25) is 0 Å². The predicted octanol–water partition coefficient (Wildman–Crippen LogP) is 4.21. The molecule has 0 bridgehead atoms. The van der Waals surface area contributed by atoms with Crippen molar-refractivity contribution in [3.8, 4) is 0 Å². The average molecular weight is 394 g/mol. The topological polar surface area (TPSA) is 68.3 Å². The molecule has 0 radical (unpaired) electrons. The summed E-state index contributed by atoms with van der Waals surface area (Å²) in [4.78, 5) is 28.6. The Morgan fingerprint density at radius 2 is 1.96 bits per heavy atom. The molecule has 0 saturated carbocycles. The van der Waals surface area contributed by atoms with Gasteiger partial charge in [0.25, 0.3) is 5.91 Å². The first-order valence-corrected chi connectivity index (χ1v) is 10.4. The van der Waals surface area contributed by atoms with Crippen molar-refractivity contribution in [2.75, 3.05) is 6.61 Å². The van der Waals surface area contributed by atoms with Crippen LogP contribution in [-0.2, 0) is 22.4 Å². The fourth-order valence-corrected chi connectivity index (χ4v) is 4.30. The van der Waals surface area contributed by atoms with Crippen LogP contribution in [-0.4, -0.2) is 23.5 Å². The van der Waals surface area contributed by atoms with Crippen LogP contribution < -0.4 is 5.32 Å². The number of carbonyl (C=O) groups excluding carboxylic acids is 2. The van der Waals surface area contributed by atoms with E-state index >= 15 is 0 Å². The molecule has 1 aliphatic carbocycles. The largest absolute Gasteiger partial charge is 0.452 e. The van der Waals surface area contributed by atoms with Crippen LogP contribution in [0.4, 0.5) is 0 Å². The van der Waals surface area contributed by atoms with Gasteiger partial charge in [-0.1, -0.05) is 18.2 Å². The number of carbonyl (C=O) groups is 2. The fraction of sp³-hybridized carbons (Fsp3) is 0.318. The van der Waals surface area contributed by atoms with Crippen LogP contribution in [0.25, 0.3) is 10.2 Å². The monoisotopic (exact) mass is 394 g/mol. The van der Waals surface area contributed by atoms with Crippen molar-refractivity contribution in [3.63, 3.8) is 0 Å². The number of benzene rings is 2. The van der Waals surface area contributed by atoms with E-state index < -0.39 is 5.97 Å². The Balaban J connectivity index is 1.33. The van der Waals surface area contributed by atoms with Crippen LogP contribution in [0.1, 0.15) is 52.9 Å². The third-order valence-corrected chi connectivity index (χ3v) is 5.94. The normalized spacial score (nSPS) is 14.3. The molecule has 6 heteroatoms. The number of rotatable bonds is 5. The molecule has 1 aromatic heterocycles. The molecule has 0 fully saturated rings. The molecule has 0 saturated heterocycles. The zero-order chi connectivity index (χ0) is 19.5. The van der Waals surface area contributed by atoms with Crippen LogP contribution in [0.15, 0.2) is 41.9 Å². The lowest BCUT2D eigenvalue weighted by atomic mass is 9.89. The van der Waals surface area contributed by atoms with Crippen LogP contribution in [0, 0.1) is 0 Å². The van der Waals surface area contributed by atoms with Gasteiger partial charge < -0.3 is 10.1 Å². The van der Waals surface area contributed by atoms with E-state index in [9.17, 15) is 9.59 Å². The van der Waals surface area contributed by atoms with Gasteiger partial charge in [-0.05, 0) is 67.5 Å². The maximum atomic E-state index is 12.2. The quantitative estimate of drug-likeness (QED) is 0.658. The van der Waals surface area contributed by atoms with Gasteiger partial charge in [-0.15, -0.1) is 11.3 Å². The molecular weight excluding hydrogens is 372 g/mol. The summed E-state index contributed by atoms with van der Waals surface area (Å²) >= 11 is 1.46. The summed E-state index contributed by atoms with van der Waals surface area (Å²) in [5.41, 5.74) is 6.88. The Bertz CT molecular complexity index is 1030. The molecule has 144 valence electrons. The molecule has 3 aromatic rings. The highest BCUT2D eigenvalue weighted by molar-refractivity contribution is 7.16. The summed E-state index contributed by atoms with van der Waals surface area (Å²) in [7, 11) is 0. The first kappa shape index (κ1) is 18.6. The summed E-state index contributed by atoms with van der Waals surface area (Å²) in [5.74, 6) is -0.815. The van der Waals surface area contributed by atoms with E-state index in [1.165, 1.54) is 35.3 Å². The second kappa shape index (κ2) is 8.10. The van der Waals surface area contributed by atoms with Crippen molar-refractivity contribution in [2.45, 2.75) is 38.6 Å². The molecule has 2 aromatic carbocycles. The minimum absolute atomic E-state index is 0.132.